The molecule has 4 nitrogen and oxygen atoms in total. The van der Waals surface area contributed by atoms with E-state index in [1.807, 2.05) is 7.05 Å². The molecule has 118 valence electrons. The van der Waals surface area contributed by atoms with Crippen molar-refractivity contribution in [3.63, 3.8) is 0 Å². The number of aromatic nitrogens is 1. The maximum absolute atomic E-state index is 4.62. The molecule has 5 heteroatoms. The molecule has 0 aliphatic carbocycles. The highest BCUT2D eigenvalue weighted by atomic mass is 32.1. The Labute approximate surface area is 136 Å². The predicted octanol–water partition coefficient (Wildman–Crippen LogP) is 4.16. The van der Waals surface area contributed by atoms with E-state index in [4.69, 9.17) is 0 Å². The summed E-state index contributed by atoms with van der Waals surface area (Å²) in [4.78, 5) is 7.10. The first-order valence-electron chi connectivity index (χ1n) is 8.01. The number of hydrogen-bond acceptors (Lipinski definition) is 5. The average molecular weight is 316 g/mol. The lowest BCUT2D eigenvalue weighted by Crippen LogP contribution is -2.29. The van der Waals surface area contributed by atoms with Gasteiger partial charge in [0.05, 0.1) is 5.69 Å². The molecule has 1 aliphatic heterocycles. The first-order chi connectivity index (χ1) is 10.8. The second kappa shape index (κ2) is 7.11. The summed E-state index contributed by atoms with van der Waals surface area (Å²) in [6, 6.07) is 8.99. The lowest BCUT2D eigenvalue weighted by atomic mass is 10.1. The molecule has 1 saturated heterocycles. The minimum Gasteiger partial charge on any atom is -0.372 e. The molecule has 0 bridgehead atoms. The number of hydrogen-bond donors (Lipinski definition) is 2. The zero-order chi connectivity index (χ0) is 15.4. The number of nitrogens with zero attached hydrogens (tertiary/aromatic N) is 2. The summed E-state index contributed by atoms with van der Waals surface area (Å²) < 4.78 is 0. The number of anilines is 3. The molecule has 1 fully saturated rings. The molecule has 1 atom stereocenters. The third kappa shape index (κ3) is 3.59. The highest BCUT2D eigenvalue weighted by molar-refractivity contribution is 7.13. The molecule has 1 aliphatic rings. The van der Waals surface area contributed by atoms with Gasteiger partial charge in [0.15, 0.2) is 5.13 Å². The molecular formula is C17H24N4S. The fraction of sp³-hybridized carbons (Fsp3) is 0.471. The number of rotatable bonds is 5. The number of piperidine rings is 1. The van der Waals surface area contributed by atoms with E-state index in [9.17, 15) is 0 Å². The summed E-state index contributed by atoms with van der Waals surface area (Å²) in [6.45, 7) is 4.49. The normalized spacial score (nSPS) is 16.5. The predicted molar refractivity (Wildman–Crippen MR) is 95.4 cm³/mol. The molecule has 0 spiro atoms. The first kappa shape index (κ1) is 15.3. The van der Waals surface area contributed by atoms with Gasteiger partial charge >= 0.3 is 0 Å². The minimum absolute atomic E-state index is 0.285. The molecule has 0 saturated carbocycles. The highest BCUT2D eigenvalue weighted by Crippen LogP contribution is 2.26. The Hall–Kier alpha value is -1.59. The lowest BCUT2D eigenvalue weighted by molar-refractivity contribution is 0.578. The van der Waals surface area contributed by atoms with Crippen LogP contribution < -0.4 is 15.5 Å². The third-order valence-electron chi connectivity index (χ3n) is 4.24. The summed E-state index contributed by atoms with van der Waals surface area (Å²) in [5.74, 6) is 0. The van der Waals surface area contributed by atoms with Gasteiger partial charge < -0.3 is 15.5 Å². The van der Waals surface area contributed by atoms with Gasteiger partial charge in [-0.1, -0.05) is 0 Å². The molecule has 22 heavy (non-hydrogen) atoms. The standard InChI is InChI=1S/C17H24N4S/c1-13(18-2)16-12-22-17(20-16)19-14-6-8-15(9-7-14)21-10-4-3-5-11-21/h6-9,12-13,18H,3-5,10-11H2,1-2H3,(H,19,20). The summed E-state index contributed by atoms with van der Waals surface area (Å²) in [5.41, 5.74) is 3.51. The molecule has 2 aromatic rings. The summed E-state index contributed by atoms with van der Waals surface area (Å²) in [7, 11) is 1.95. The van der Waals surface area contributed by atoms with Crippen LogP contribution in [-0.4, -0.2) is 25.1 Å². The Bertz CT molecular complexity index is 587. The van der Waals surface area contributed by atoms with Gasteiger partial charge in [0.1, 0.15) is 0 Å². The molecule has 2 heterocycles. The van der Waals surface area contributed by atoms with E-state index in [0.717, 1.165) is 16.5 Å². The molecule has 1 unspecified atom stereocenters. The number of thiazole rings is 1. The van der Waals surface area contributed by atoms with Crippen LogP contribution in [0.2, 0.25) is 0 Å². The third-order valence-corrected chi connectivity index (χ3v) is 5.01. The van der Waals surface area contributed by atoms with Crippen molar-refractivity contribution >= 4 is 27.8 Å². The van der Waals surface area contributed by atoms with Crippen LogP contribution in [0, 0.1) is 0 Å². The van der Waals surface area contributed by atoms with E-state index in [1.54, 1.807) is 11.3 Å². The number of benzene rings is 1. The quantitative estimate of drug-likeness (QED) is 0.869. The molecule has 0 radical (unpaired) electrons. The van der Waals surface area contributed by atoms with Crippen molar-refractivity contribution in [3.8, 4) is 0 Å². The van der Waals surface area contributed by atoms with Gasteiger partial charge in [-0.2, -0.15) is 0 Å². The van der Waals surface area contributed by atoms with Crippen molar-refractivity contribution in [2.75, 3.05) is 30.4 Å². The summed E-state index contributed by atoms with van der Waals surface area (Å²) >= 11 is 1.65. The molecule has 2 N–H and O–H groups in total. The molecule has 0 amide bonds. The van der Waals surface area contributed by atoms with Gasteiger partial charge in [-0.3, -0.25) is 0 Å². The van der Waals surface area contributed by atoms with Crippen LogP contribution >= 0.6 is 11.3 Å². The number of nitrogens with one attached hydrogen (secondary N) is 2. The molecule has 1 aromatic carbocycles. The van der Waals surface area contributed by atoms with Crippen LogP contribution in [0.25, 0.3) is 0 Å². The van der Waals surface area contributed by atoms with Crippen LogP contribution in [0.15, 0.2) is 29.6 Å². The zero-order valence-electron chi connectivity index (χ0n) is 13.3. The Morgan fingerprint density at radius 2 is 1.86 bits per heavy atom. The average Bonchev–Trinajstić information content (AvgIpc) is 3.04. The Balaban J connectivity index is 1.64. The van der Waals surface area contributed by atoms with Crippen molar-refractivity contribution in [1.82, 2.24) is 10.3 Å². The van der Waals surface area contributed by atoms with Crippen molar-refractivity contribution < 1.29 is 0 Å². The van der Waals surface area contributed by atoms with Crippen LogP contribution in [0.1, 0.15) is 37.9 Å². The van der Waals surface area contributed by atoms with E-state index < -0.39 is 0 Å². The van der Waals surface area contributed by atoms with Crippen molar-refractivity contribution in [2.45, 2.75) is 32.2 Å². The molecule has 1 aromatic heterocycles. The summed E-state index contributed by atoms with van der Waals surface area (Å²) in [5, 5.41) is 9.66. The largest absolute Gasteiger partial charge is 0.372 e. The Kier molecular flexibility index (Phi) is 4.95. The van der Waals surface area contributed by atoms with Crippen molar-refractivity contribution in [3.05, 3.63) is 35.3 Å². The van der Waals surface area contributed by atoms with Gasteiger partial charge in [0, 0.05) is 35.9 Å². The van der Waals surface area contributed by atoms with Crippen LogP contribution in [0.4, 0.5) is 16.5 Å². The molecule has 3 rings (SSSR count). The topological polar surface area (TPSA) is 40.2 Å². The van der Waals surface area contributed by atoms with Gasteiger partial charge in [0.2, 0.25) is 0 Å². The second-order valence-corrected chi connectivity index (χ2v) is 6.67. The second-order valence-electron chi connectivity index (χ2n) is 5.81. The Morgan fingerprint density at radius 3 is 2.55 bits per heavy atom. The maximum Gasteiger partial charge on any atom is 0.187 e. The summed E-state index contributed by atoms with van der Waals surface area (Å²) in [6.07, 6.45) is 3.99. The first-order valence-corrected chi connectivity index (χ1v) is 8.89. The van der Waals surface area contributed by atoms with Gasteiger partial charge in [-0.05, 0) is 57.5 Å². The van der Waals surface area contributed by atoms with Crippen LogP contribution in [0.3, 0.4) is 0 Å². The lowest BCUT2D eigenvalue weighted by Gasteiger charge is -2.28. The SMILES string of the molecule is CNC(C)c1csc(Nc2ccc(N3CCCCC3)cc2)n1. The fourth-order valence-corrected chi connectivity index (χ4v) is 3.55. The minimum atomic E-state index is 0.285. The highest BCUT2D eigenvalue weighted by Gasteiger charge is 2.11. The van der Waals surface area contributed by atoms with E-state index in [-0.39, 0.29) is 6.04 Å². The van der Waals surface area contributed by atoms with Gasteiger partial charge in [-0.15, -0.1) is 11.3 Å². The van der Waals surface area contributed by atoms with E-state index in [1.165, 1.54) is 38.0 Å². The van der Waals surface area contributed by atoms with Gasteiger partial charge in [-0.25, -0.2) is 4.98 Å². The van der Waals surface area contributed by atoms with Crippen LogP contribution in [-0.2, 0) is 0 Å². The monoisotopic (exact) mass is 316 g/mol. The fourth-order valence-electron chi connectivity index (χ4n) is 2.72. The zero-order valence-corrected chi connectivity index (χ0v) is 14.1. The van der Waals surface area contributed by atoms with E-state index in [2.05, 4.69) is 57.1 Å². The van der Waals surface area contributed by atoms with Gasteiger partial charge in [0.25, 0.3) is 0 Å². The smallest absolute Gasteiger partial charge is 0.187 e. The van der Waals surface area contributed by atoms with E-state index in [0.29, 0.717) is 0 Å². The molecular weight excluding hydrogens is 292 g/mol. The van der Waals surface area contributed by atoms with Crippen molar-refractivity contribution in [2.24, 2.45) is 0 Å². The van der Waals surface area contributed by atoms with E-state index >= 15 is 0 Å². The maximum atomic E-state index is 4.62. The van der Waals surface area contributed by atoms with Crippen LogP contribution in [0.5, 0.6) is 0 Å². The Morgan fingerprint density at radius 1 is 1.14 bits per heavy atom. The van der Waals surface area contributed by atoms with Crippen molar-refractivity contribution in [1.29, 1.82) is 0 Å².